The van der Waals surface area contributed by atoms with E-state index in [0.717, 1.165) is 35.1 Å². The molecule has 6 nitrogen and oxygen atoms in total. The SMILES string of the molecule is CCOc1cc(CNCCC2=CCCCC2)c(Br)cc1OCc1ccc([N+](=O)[O-])cc1. The molecule has 7 heteroatoms. The quantitative estimate of drug-likeness (QED) is 0.173. The van der Waals surface area contributed by atoms with E-state index in [1.54, 1.807) is 17.7 Å². The van der Waals surface area contributed by atoms with Crippen LogP contribution in [0.5, 0.6) is 11.5 Å². The fraction of sp³-hybridized carbons (Fsp3) is 0.417. The summed E-state index contributed by atoms with van der Waals surface area (Å²) >= 11 is 3.65. The van der Waals surface area contributed by atoms with Crippen molar-refractivity contribution in [2.75, 3.05) is 13.2 Å². The number of allylic oxidation sites excluding steroid dienone is 1. The Labute approximate surface area is 191 Å². The standard InChI is InChI=1S/C24H29BrN2O4/c1-2-30-23-14-20(16-26-13-12-18-6-4-3-5-7-18)22(25)15-24(23)31-17-19-8-10-21(11-9-19)27(28)29/h6,8-11,14-15,26H,2-5,7,12-13,16-17H2,1H3. The topological polar surface area (TPSA) is 73.6 Å². The van der Waals surface area contributed by atoms with Crippen LogP contribution in [-0.4, -0.2) is 18.1 Å². The van der Waals surface area contributed by atoms with Crippen LogP contribution in [0.2, 0.25) is 0 Å². The number of hydrogen-bond acceptors (Lipinski definition) is 5. The number of nitrogens with one attached hydrogen (secondary N) is 1. The van der Waals surface area contributed by atoms with Gasteiger partial charge in [-0.05, 0) is 81.0 Å². The Morgan fingerprint density at radius 3 is 2.58 bits per heavy atom. The van der Waals surface area contributed by atoms with Gasteiger partial charge in [0.2, 0.25) is 0 Å². The number of nitro benzene ring substituents is 1. The second-order valence-corrected chi connectivity index (χ2v) is 8.42. The number of hydrogen-bond donors (Lipinski definition) is 1. The van der Waals surface area contributed by atoms with Crippen molar-refractivity contribution in [3.05, 3.63) is 73.8 Å². The number of rotatable bonds is 11. The predicted octanol–water partition coefficient (Wildman–Crippen LogP) is 6.32. The van der Waals surface area contributed by atoms with Crippen molar-refractivity contribution < 1.29 is 14.4 Å². The molecular weight excluding hydrogens is 460 g/mol. The molecule has 0 heterocycles. The van der Waals surface area contributed by atoms with Crippen molar-refractivity contribution in [2.45, 2.75) is 52.2 Å². The summed E-state index contributed by atoms with van der Waals surface area (Å²) in [5.74, 6) is 1.34. The molecule has 0 atom stereocenters. The first-order valence-electron chi connectivity index (χ1n) is 10.8. The van der Waals surface area contributed by atoms with Crippen molar-refractivity contribution in [3.63, 3.8) is 0 Å². The maximum atomic E-state index is 10.8. The van der Waals surface area contributed by atoms with Gasteiger partial charge in [-0.1, -0.05) is 27.6 Å². The van der Waals surface area contributed by atoms with Crippen LogP contribution in [0.3, 0.4) is 0 Å². The smallest absolute Gasteiger partial charge is 0.269 e. The van der Waals surface area contributed by atoms with Crippen molar-refractivity contribution >= 4 is 21.6 Å². The van der Waals surface area contributed by atoms with Gasteiger partial charge in [0.25, 0.3) is 5.69 Å². The van der Waals surface area contributed by atoms with Crippen LogP contribution in [0.25, 0.3) is 0 Å². The van der Waals surface area contributed by atoms with E-state index < -0.39 is 4.92 Å². The Hall–Kier alpha value is -2.38. The lowest BCUT2D eigenvalue weighted by atomic mass is 9.97. The Morgan fingerprint density at radius 1 is 1.13 bits per heavy atom. The molecule has 1 N–H and O–H groups in total. The van der Waals surface area contributed by atoms with Gasteiger partial charge in [0, 0.05) is 23.2 Å². The molecule has 31 heavy (non-hydrogen) atoms. The molecule has 0 unspecified atom stereocenters. The number of non-ortho nitro benzene ring substituents is 1. The minimum absolute atomic E-state index is 0.0677. The van der Waals surface area contributed by atoms with Gasteiger partial charge in [-0.3, -0.25) is 10.1 Å². The van der Waals surface area contributed by atoms with Crippen molar-refractivity contribution in [2.24, 2.45) is 0 Å². The molecule has 0 aliphatic heterocycles. The third-order valence-electron chi connectivity index (χ3n) is 5.28. The highest BCUT2D eigenvalue weighted by molar-refractivity contribution is 9.10. The number of nitro groups is 1. The molecule has 0 saturated heterocycles. The Kier molecular flexibility index (Phi) is 8.91. The molecule has 0 amide bonds. The largest absolute Gasteiger partial charge is 0.490 e. The van der Waals surface area contributed by atoms with E-state index in [-0.39, 0.29) is 5.69 Å². The van der Waals surface area contributed by atoms with Gasteiger partial charge in [-0.25, -0.2) is 0 Å². The van der Waals surface area contributed by atoms with Crippen molar-refractivity contribution in [1.29, 1.82) is 0 Å². The maximum Gasteiger partial charge on any atom is 0.269 e. The van der Waals surface area contributed by atoms with Gasteiger partial charge in [0.1, 0.15) is 6.61 Å². The summed E-state index contributed by atoms with van der Waals surface area (Å²) < 4.78 is 12.7. The second kappa shape index (κ2) is 11.9. The summed E-state index contributed by atoms with van der Waals surface area (Å²) in [5, 5.41) is 14.3. The van der Waals surface area contributed by atoms with Crippen LogP contribution >= 0.6 is 15.9 Å². The summed E-state index contributed by atoms with van der Waals surface area (Å²) in [7, 11) is 0. The lowest BCUT2D eigenvalue weighted by Crippen LogP contribution is -2.16. The monoisotopic (exact) mass is 488 g/mol. The number of nitrogens with zero attached hydrogens (tertiary/aromatic N) is 1. The van der Waals surface area contributed by atoms with E-state index in [9.17, 15) is 10.1 Å². The Balaban J connectivity index is 1.59. The van der Waals surface area contributed by atoms with Crippen LogP contribution in [-0.2, 0) is 13.2 Å². The fourth-order valence-electron chi connectivity index (χ4n) is 3.57. The minimum Gasteiger partial charge on any atom is -0.490 e. The van der Waals surface area contributed by atoms with Gasteiger partial charge in [0.15, 0.2) is 11.5 Å². The summed E-state index contributed by atoms with van der Waals surface area (Å²) in [4.78, 5) is 10.4. The third kappa shape index (κ3) is 7.08. The highest BCUT2D eigenvalue weighted by atomic mass is 79.9. The van der Waals surface area contributed by atoms with Crippen LogP contribution in [0.15, 0.2) is 52.5 Å². The van der Waals surface area contributed by atoms with E-state index in [1.807, 2.05) is 19.1 Å². The number of ether oxygens (including phenoxy) is 2. The highest BCUT2D eigenvalue weighted by Gasteiger charge is 2.12. The first-order chi connectivity index (χ1) is 15.1. The zero-order valence-electron chi connectivity index (χ0n) is 17.9. The van der Waals surface area contributed by atoms with Gasteiger partial charge in [-0.15, -0.1) is 0 Å². The van der Waals surface area contributed by atoms with Crippen LogP contribution in [0.4, 0.5) is 5.69 Å². The van der Waals surface area contributed by atoms with E-state index >= 15 is 0 Å². The summed E-state index contributed by atoms with van der Waals surface area (Å²) in [6.45, 7) is 4.49. The summed E-state index contributed by atoms with van der Waals surface area (Å²) in [5.41, 5.74) is 3.61. The molecule has 1 aliphatic carbocycles. The molecule has 3 rings (SSSR count). The van der Waals surface area contributed by atoms with Crippen LogP contribution < -0.4 is 14.8 Å². The molecule has 2 aromatic rings. The van der Waals surface area contributed by atoms with Crippen molar-refractivity contribution in [3.8, 4) is 11.5 Å². The average Bonchev–Trinajstić information content (AvgIpc) is 2.78. The van der Waals surface area contributed by atoms with Gasteiger partial charge in [-0.2, -0.15) is 0 Å². The Bertz CT molecular complexity index is 913. The minimum atomic E-state index is -0.409. The van der Waals surface area contributed by atoms with E-state index in [0.29, 0.717) is 24.7 Å². The van der Waals surface area contributed by atoms with Crippen molar-refractivity contribution in [1.82, 2.24) is 5.32 Å². The number of benzene rings is 2. The van der Waals surface area contributed by atoms with E-state index in [2.05, 4.69) is 27.3 Å². The normalized spacial score (nSPS) is 13.5. The lowest BCUT2D eigenvalue weighted by molar-refractivity contribution is -0.384. The van der Waals surface area contributed by atoms with Gasteiger partial charge < -0.3 is 14.8 Å². The first kappa shape index (κ1) is 23.3. The molecular formula is C24H29BrN2O4. The van der Waals surface area contributed by atoms with E-state index in [1.165, 1.54) is 37.8 Å². The molecule has 0 saturated carbocycles. The molecule has 2 aromatic carbocycles. The molecule has 0 bridgehead atoms. The molecule has 1 aliphatic rings. The predicted molar refractivity (Wildman–Crippen MR) is 126 cm³/mol. The second-order valence-electron chi connectivity index (χ2n) is 7.57. The fourth-order valence-corrected chi connectivity index (χ4v) is 4.04. The summed E-state index contributed by atoms with van der Waals surface area (Å²) in [6, 6.07) is 10.3. The first-order valence-corrected chi connectivity index (χ1v) is 11.6. The van der Waals surface area contributed by atoms with Gasteiger partial charge >= 0.3 is 0 Å². The third-order valence-corrected chi connectivity index (χ3v) is 6.02. The van der Waals surface area contributed by atoms with Crippen LogP contribution in [0, 0.1) is 10.1 Å². The zero-order chi connectivity index (χ0) is 22.1. The van der Waals surface area contributed by atoms with E-state index in [4.69, 9.17) is 9.47 Å². The van der Waals surface area contributed by atoms with Crippen LogP contribution in [0.1, 0.15) is 50.2 Å². The van der Waals surface area contributed by atoms with Gasteiger partial charge in [0.05, 0.1) is 11.5 Å². The number of halogens is 1. The average molecular weight is 489 g/mol. The Morgan fingerprint density at radius 2 is 1.90 bits per heavy atom. The molecule has 0 aromatic heterocycles. The summed E-state index contributed by atoms with van der Waals surface area (Å²) in [6.07, 6.45) is 8.59. The zero-order valence-corrected chi connectivity index (χ0v) is 19.4. The molecule has 0 radical (unpaired) electrons. The molecule has 0 fully saturated rings. The maximum absolute atomic E-state index is 10.8. The molecule has 166 valence electrons. The molecule has 0 spiro atoms. The highest BCUT2D eigenvalue weighted by Crippen LogP contribution is 2.34. The lowest BCUT2D eigenvalue weighted by Gasteiger charge is -2.16.